The van der Waals surface area contributed by atoms with Gasteiger partial charge in [0.1, 0.15) is 12.4 Å². The molecule has 0 saturated carbocycles. The van der Waals surface area contributed by atoms with Gasteiger partial charge in [-0.3, -0.25) is 4.79 Å². The number of rotatable bonds is 6. The summed E-state index contributed by atoms with van der Waals surface area (Å²) in [5, 5.41) is 0. The van der Waals surface area contributed by atoms with E-state index in [4.69, 9.17) is 4.74 Å². The van der Waals surface area contributed by atoms with Gasteiger partial charge in [0.15, 0.2) is 5.78 Å². The molecule has 3 rings (SSSR count). The van der Waals surface area contributed by atoms with Crippen molar-refractivity contribution < 1.29 is 9.53 Å². The van der Waals surface area contributed by atoms with Crippen molar-refractivity contribution in [2.45, 2.75) is 6.61 Å². The molecule has 3 aromatic rings. The van der Waals surface area contributed by atoms with Crippen molar-refractivity contribution >= 4 is 27.8 Å². The van der Waals surface area contributed by atoms with Crippen LogP contribution in [0.5, 0.6) is 5.75 Å². The quantitative estimate of drug-likeness (QED) is 0.384. The highest BCUT2D eigenvalue weighted by Crippen LogP contribution is 2.25. The van der Waals surface area contributed by atoms with E-state index in [1.54, 1.807) is 24.3 Å². The Morgan fingerprint density at radius 2 is 1.60 bits per heavy atom. The molecule has 0 aliphatic heterocycles. The summed E-state index contributed by atoms with van der Waals surface area (Å²) in [6.45, 7) is 0.482. The van der Waals surface area contributed by atoms with Gasteiger partial charge in [-0.15, -0.1) is 0 Å². The van der Waals surface area contributed by atoms with Crippen LogP contribution in [0.1, 0.15) is 21.5 Å². The Kier molecular flexibility index (Phi) is 5.81. The van der Waals surface area contributed by atoms with Crippen LogP contribution in [0.2, 0.25) is 0 Å². The lowest BCUT2D eigenvalue weighted by Gasteiger charge is -2.10. The first kappa shape index (κ1) is 17.2. The van der Waals surface area contributed by atoms with Crippen LogP contribution in [0.4, 0.5) is 0 Å². The van der Waals surface area contributed by atoms with Crippen molar-refractivity contribution in [3.63, 3.8) is 0 Å². The third-order valence-corrected chi connectivity index (χ3v) is 4.17. The number of ether oxygens (including phenoxy) is 1. The number of hydrogen-bond donors (Lipinski definition) is 0. The minimum Gasteiger partial charge on any atom is -0.488 e. The van der Waals surface area contributed by atoms with Crippen LogP contribution in [0.25, 0.3) is 6.08 Å². The highest BCUT2D eigenvalue weighted by Gasteiger charge is 2.05. The topological polar surface area (TPSA) is 26.3 Å². The predicted octanol–water partition coefficient (Wildman–Crippen LogP) is 5.92. The Bertz CT molecular complexity index is 871. The summed E-state index contributed by atoms with van der Waals surface area (Å²) in [6, 6.07) is 25.0. The minimum absolute atomic E-state index is 0.0328. The Morgan fingerprint density at radius 1 is 0.920 bits per heavy atom. The molecule has 0 aromatic heterocycles. The molecule has 2 nitrogen and oxygen atoms in total. The summed E-state index contributed by atoms with van der Waals surface area (Å²) < 4.78 is 6.87. The zero-order valence-corrected chi connectivity index (χ0v) is 15.1. The van der Waals surface area contributed by atoms with Gasteiger partial charge in [0, 0.05) is 15.6 Å². The maximum Gasteiger partial charge on any atom is 0.185 e. The van der Waals surface area contributed by atoms with E-state index in [0.717, 1.165) is 21.3 Å². The fourth-order valence-corrected chi connectivity index (χ4v) is 2.76. The smallest absolute Gasteiger partial charge is 0.185 e. The lowest BCUT2D eigenvalue weighted by Crippen LogP contribution is -1.97. The third-order valence-electron chi connectivity index (χ3n) is 3.68. The third kappa shape index (κ3) is 4.91. The number of carbonyl (C=O) groups is 1. The second kappa shape index (κ2) is 8.45. The fraction of sp³-hybridized carbons (Fsp3) is 0.0455. The predicted molar refractivity (Wildman–Crippen MR) is 105 cm³/mol. The van der Waals surface area contributed by atoms with Gasteiger partial charge in [0.2, 0.25) is 0 Å². The first-order valence-corrected chi connectivity index (χ1v) is 8.75. The number of benzene rings is 3. The minimum atomic E-state index is -0.0328. The largest absolute Gasteiger partial charge is 0.488 e. The highest BCUT2D eigenvalue weighted by molar-refractivity contribution is 9.10. The second-order valence-electron chi connectivity index (χ2n) is 5.52. The normalized spacial score (nSPS) is 10.8. The van der Waals surface area contributed by atoms with Gasteiger partial charge in [-0.1, -0.05) is 76.6 Å². The second-order valence-corrected chi connectivity index (χ2v) is 6.44. The molecule has 0 aliphatic rings. The van der Waals surface area contributed by atoms with Crippen LogP contribution < -0.4 is 4.74 Å². The molecule has 0 spiro atoms. The maximum atomic E-state index is 12.3. The van der Waals surface area contributed by atoms with Crippen molar-refractivity contribution in [1.29, 1.82) is 0 Å². The van der Waals surface area contributed by atoms with Crippen molar-refractivity contribution in [3.05, 3.63) is 106 Å². The van der Waals surface area contributed by atoms with E-state index in [1.165, 1.54) is 0 Å². The zero-order valence-electron chi connectivity index (χ0n) is 13.6. The first-order chi connectivity index (χ1) is 12.2. The summed E-state index contributed by atoms with van der Waals surface area (Å²) in [5.74, 6) is 0.707. The Balaban J connectivity index is 1.77. The van der Waals surface area contributed by atoms with Crippen LogP contribution >= 0.6 is 15.9 Å². The van der Waals surface area contributed by atoms with E-state index in [2.05, 4.69) is 15.9 Å². The summed E-state index contributed by atoms with van der Waals surface area (Å²) in [4.78, 5) is 12.3. The molecule has 0 saturated heterocycles. The average Bonchev–Trinajstić information content (AvgIpc) is 2.67. The molecule has 25 heavy (non-hydrogen) atoms. The molecule has 0 fully saturated rings. The monoisotopic (exact) mass is 392 g/mol. The van der Waals surface area contributed by atoms with Crippen LogP contribution in [0.15, 0.2) is 89.4 Å². The number of allylic oxidation sites excluding steroid dienone is 1. The number of hydrogen-bond acceptors (Lipinski definition) is 2. The van der Waals surface area contributed by atoms with Gasteiger partial charge >= 0.3 is 0 Å². The molecule has 3 aromatic carbocycles. The molecule has 0 aliphatic carbocycles. The van der Waals surface area contributed by atoms with E-state index >= 15 is 0 Å². The molecule has 0 unspecified atom stereocenters. The molecular weight excluding hydrogens is 376 g/mol. The van der Waals surface area contributed by atoms with Crippen molar-refractivity contribution in [2.75, 3.05) is 0 Å². The first-order valence-electron chi connectivity index (χ1n) is 7.96. The molecule has 0 amide bonds. The molecule has 3 heteroatoms. The molecule has 0 N–H and O–H groups in total. The maximum absolute atomic E-state index is 12.3. The molecule has 0 heterocycles. The van der Waals surface area contributed by atoms with Gasteiger partial charge in [-0.2, -0.15) is 0 Å². The van der Waals surface area contributed by atoms with Gasteiger partial charge in [0.25, 0.3) is 0 Å². The number of carbonyl (C=O) groups excluding carboxylic acids is 1. The Morgan fingerprint density at radius 3 is 2.32 bits per heavy atom. The molecule has 0 bridgehead atoms. The zero-order chi connectivity index (χ0) is 17.5. The molecular formula is C22H17BrO2. The van der Waals surface area contributed by atoms with Gasteiger partial charge < -0.3 is 4.74 Å². The highest BCUT2D eigenvalue weighted by atomic mass is 79.9. The number of ketones is 1. The van der Waals surface area contributed by atoms with E-state index < -0.39 is 0 Å². The van der Waals surface area contributed by atoms with Gasteiger partial charge in [-0.05, 0) is 35.9 Å². The Labute approximate surface area is 155 Å². The van der Waals surface area contributed by atoms with Crippen LogP contribution in [0, 0.1) is 0 Å². The van der Waals surface area contributed by atoms with Crippen LogP contribution in [0.3, 0.4) is 0 Å². The summed E-state index contributed by atoms with van der Waals surface area (Å²) in [6.07, 6.45) is 3.37. The number of halogens is 1. The van der Waals surface area contributed by atoms with E-state index in [-0.39, 0.29) is 5.78 Å². The molecule has 124 valence electrons. The van der Waals surface area contributed by atoms with Gasteiger partial charge in [0.05, 0.1) is 0 Å². The van der Waals surface area contributed by atoms with Crippen molar-refractivity contribution in [2.24, 2.45) is 0 Å². The average molecular weight is 393 g/mol. The van der Waals surface area contributed by atoms with E-state index in [9.17, 15) is 4.79 Å². The van der Waals surface area contributed by atoms with Crippen LogP contribution in [-0.4, -0.2) is 5.78 Å². The lowest BCUT2D eigenvalue weighted by molar-refractivity contribution is 0.104. The summed E-state index contributed by atoms with van der Waals surface area (Å²) in [5.41, 5.74) is 2.62. The van der Waals surface area contributed by atoms with E-state index in [1.807, 2.05) is 66.7 Å². The fourth-order valence-electron chi connectivity index (χ4n) is 2.38. The summed E-state index contributed by atoms with van der Waals surface area (Å²) >= 11 is 3.47. The summed E-state index contributed by atoms with van der Waals surface area (Å²) in [7, 11) is 0. The lowest BCUT2D eigenvalue weighted by atomic mass is 10.1. The van der Waals surface area contributed by atoms with Crippen molar-refractivity contribution in [1.82, 2.24) is 0 Å². The molecule has 0 atom stereocenters. The van der Waals surface area contributed by atoms with Gasteiger partial charge in [-0.25, -0.2) is 0 Å². The SMILES string of the molecule is O=C(/C=C/c1cc(Br)ccc1OCc1ccccc1)c1ccccc1. The Hall–Kier alpha value is -2.65. The van der Waals surface area contributed by atoms with Crippen molar-refractivity contribution in [3.8, 4) is 5.75 Å². The molecule has 0 radical (unpaired) electrons. The van der Waals surface area contributed by atoms with Crippen LogP contribution in [-0.2, 0) is 6.61 Å². The van der Waals surface area contributed by atoms with E-state index in [0.29, 0.717) is 12.2 Å². The standard InChI is InChI=1S/C22H17BrO2/c23-20-12-14-22(25-16-17-7-3-1-4-8-17)19(15-20)11-13-21(24)18-9-5-2-6-10-18/h1-15H,16H2/b13-11+.